The molecule has 4 heteroatoms. The molecule has 2 rings (SSSR count). The number of esters is 1. The summed E-state index contributed by atoms with van der Waals surface area (Å²) in [5.74, 6) is -0.421. The van der Waals surface area contributed by atoms with Crippen LogP contribution in [-0.2, 0) is 4.79 Å². The number of aliphatic hydroxyl groups is 1. The zero-order valence-corrected chi connectivity index (χ0v) is 12.6. The van der Waals surface area contributed by atoms with Crippen molar-refractivity contribution in [3.8, 4) is 5.75 Å². The van der Waals surface area contributed by atoms with Crippen LogP contribution in [0.1, 0.15) is 24.8 Å². The van der Waals surface area contributed by atoms with Gasteiger partial charge in [-0.2, -0.15) is 0 Å². The van der Waals surface area contributed by atoms with E-state index in [-0.39, 0.29) is 57.1 Å². The number of fused-ring (bicyclic) bond motifs is 1. The van der Waals surface area contributed by atoms with Gasteiger partial charge in [-0.25, -0.2) is 0 Å². The second kappa shape index (κ2) is 5.98. The van der Waals surface area contributed by atoms with E-state index in [1.54, 1.807) is 24.3 Å². The van der Waals surface area contributed by atoms with E-state index >= 15 is 0 Å². The summed E-state index contributed by atoms with van der Waals surface area (Å²) in [6, 6.07) is 7.15. The van der Waals surface area contributed by atoms with Gasteiger partial charge in [-0.1, -0.05) is 25.1 Å². The van der Waals surface area contributed by atoms with Crippen LogP contribution in [0, 0.1) is 0 Å². The third-order valence-electron chi connectivity index (χ3n) is 2.39. The van der Waals surface area contributed by atoms with Crippen LogP contribution < -0.4 is 4.74 Å². The summed E-state index contributed by atoms with van der Waals surface area (Å²) in [5, 5.41) is 9.73. The Hall–Kier alpha value is -0.134. The van der Waals surface area contributed by atoms with E-state index in [0.717, 1.165) is 5.56 Å². The Labute approximate surface area is 137 Å². The predicted octanol–water partition coefficient (Wildman–Crippen LogP) is 2.16. The van der Waals surface area contributed by atoms with Gasteiger partial charge in [0, 0.05) is 56.9 Å². The van der Waals surface area contributed by atoms with E-state index in [1.807, 2.05) is 13.0 Å². The molecular weight excluding hydrogens is 231 g/mol. The monoisotopic (exact) mass is 243 g/mol. The SMILES string of the molecule is CCC=C(O)C1C(=O)Oc2ccccc21.[K]. The Morgan fingerprint density at radius 2 is 2.19 bits per heavy atom. The average Bonchev–Trinajstić information content (AvgIpc) is 2.54. The molecule has 1 N–H and O–H groups in total. The fourth-order valence-corrected chi connectivity index (χ4v) is 1.71. The molecule has 1 unspecified atom stereocenters. The maximum atomic E-state index is 11.5. The Morgan fingerprint density at radius 3 is 2.88 bits per heavy atom. The molecule has 1 heterocycles. The van der Waals surface area contributed by atoms with Crippen LogP contribution in [0.5, 0.6) is 5.75 Å². The zero-order valence-electron chi connectivity index (χ0n) is 9.43. The Kier molecular flexibility index (Phi) is 5.20. The molecule has 0 aromatic heterocycles. The Morgan fingerprint density at radius 1 is 1.50 bits per heavy atom. The number of allylic oxidation sites excluding steroid dienone is 1. The minimum absolute atomic E-state index is 0. The van der Waals surface area contributed by atoms with Crippen molar-refractivity contribution in [3.63, 3.8) is 0 Å². The van der Waals surface area contributed by atoms with Crippen LogP contribution in [0.3, 0.4) is 0 Å². The first-order valence-electron chi connectivity index (χ1n) is 4.93. The van der Waals surface area contributed by atoms with E-state index in [0.29, 0.717) is 12.2 Å². The maximum Gasteiger partial charge on any atom is 0.326 e. The van der Waals surface area contributed by atoms with Gasteiger partial charge in [-0.15, -0.1) is 0 Å². The summed E-state index contributed by atoms with van der Waals surface area (Å²) >= 11 is 0. The van der Waals surface area contributed by atoms with Crippen molar-refractivity contribution >= 4 is 57.4 Å². The fraction of sp³-hybridized carbons (Fsp3) is 0.250. The Bertz CT molecular complexity index is 426. The van der Waals surface area contributed by atoms with Gasteiger partial charge in [-0.05, 0) is 18.6 Å². The summed E-state index contributed by atoms with van der Waals surface area (Å²) in [6.07, 6.45) is 2.33. The second-order valence-electron chi connectivity index (χ2n) is 3.43. The molecule has 16 heavy (non-hydrogen) atoms. The van der Waals surface area contributed by atoms with Gasteiger partial charge < -0.3 is 9.84 Å². The number of benzene rings is 1. The van der Waals surface area contributed by atoms with E-state index in [1.165, 1.54) is 0 Å². The van der Waals surface area contributed by atoms with Gasteiger partial charge in [0.05, 0.1) is 0 Å². The number of ether oxygens (including phenoxy) is 1. The van der Waals surface area contributed by atoms with E-state index < -0.39 is 11.9 Å². The molecule has 1 radical (unpaired) electrons. The van der Waals surface area contributed by atoms with Gasteiger partial charge in [-0.3, -0.25) is 4.79 Å². The third-order valence-corrected chi connectivity index (χ3v) is 2.39. The first kappa shape index (κ1) is 13.9. The molecule has 1 aromatic rings. The largest absolute Gasteiger partial charge is 0.511 e. The standard InChI is InChI=1S/C12H12O3.K/c1-2-5-9(13)11-8-6-3-4-7-10(8)15-12(11)14;/h3-7,11,13H,2H2,1H3;. The van der Waals surface area contributed by atoms with Gasteiger partial charge in [0.2, 0.25) is 0 Å². The van der Waals surface area contributed by atoms with Gasteiger partial charge in [0.1, 0.15) is 17.4 Å². The van der Waals surface area contributed by atoms with Crippen LogP contribution in [0.2, 0.25) is 0 Å². The van der Waals surface area contributed by atoms with Crippen LogP contribution in [-0.4, -0.2) is 62.5 Å². The number of aliphatic hydroxyl groups excluding tert-OH is 1. The molecule has 1 aliphatic rings. The molecule has 0 saturated heterocycles. The average molecular weight is 243 g/mol. The zero-order chi connectivity index (χ0) is 10.8. The molecule has 79 valence electrons. The van der Waals surface area contributed by atoms with Crippen molar-refractivity contribution in [1.82, 2.24) is 0 Å². The number of hydrogen-bond acceptors (Lipinski definition) is 3. The van der Waals surface area contributed by atoms with Crippen LogP contribution >= 0.6 is 0 Å². The molecule has 0 saturated carbocycles. The minimum Gasteiger partial charge on any atom is -0.511 e. The number of para-hydroxylation sites is 1. The van der Waals surface area contributed by atoms with Crippen molar-refractivity contribution < 1.29 is 14.6 Å². The van der Waals surface area contributed by atoms with Crippen LogP contribution in [0.25, 0.3) is 0 Å². The molecule has 0 spiro atoms. The molecule has 0 bridgehead atoms. The topological polar surface area (TPSA) is 46.5 Å². The van der Waals surface area contributed by atoms with Crippen LogP contribution in [0.4, 0.5) is 0 Å². The van der Waals surface area contributed by atoms with Gasteiger partial charge >= 0.3 is 5.97 Å². The number of hydrogen-bond donors (Lipinski definition) is 1. The van der Waals surface area contributed by atoms with E-state index in [4.69, 9.17) is 4.74 Å². The van der Waals surface area contributed by atoms with Crippen molar-refractivity contribution in [2.75, 3.05) is 0 Å². The van der Waals surface area contributed by atoms with Gasteiger partial charge in [0.25, 0.3) is 0 Å². The maximum absolute atomic E-state index is 11.5. The van der Waals surface area contributed by atoms with Crippen LogP contribution in [0.15, 0.2) is 36.1 Å². The first-order valence-corrected chi connectivity index (χ1v) is 4.93. The van der Waals surface area contributed by atoms with Crippen molar-refractivity contribution in [2.45, 2.75) is 19.3 Å². The quantitative estimate of drug-likeness (QED) is 0.375. The molecule has 0 fully saturated rings. The molecule has 0 aliphatic carbocycles. The molecule has 0 amide bonds. The summed E-state index contributed by atoms with van der Waals surface area (Å²) in [5.41, 5.74) is 0.740. The smallest absolute Gasteiger partial charge is 0.326 e. The number of carbonyl (C=O) groups excluding carboxylic acids is 1. The molecule has 1 aliphatic heterocycles. The van der Waals surface area contributed by atoms with Gasteiger partial charge in [0.15, 0.2) is 0 Å². The summed E-state index contributed by atoms with van der Waals surface area (Å²) in [7, 11) is 0. The summed E-state index contributed by atoms with van der Waals surface area (Å²) in [4.78, 5) is 11.5. The minimum atomic E-state index is -0.638. The molecular formula is C12H12KO3. The molecule has 1 aromatic carbocycles. The predicted molar refractivity (Wildman–Crippen MR) is 61.6 cm³/mol. The number of carbonyl (C=O) groups is 1. The molecule has 1 atom stereocenters. The summed E-state index contributed by atoms with van der Waals surface area (Å²) < 4.78 is 5.05. The van der Waals surface area contributed by atoms with E-state index in [9.17, 15) is 9.90 Å². The van der Waals surface area contributed by atoms with Crippen molar-refractivity contribution in [3.05, 3.63) is 41.7 Å². The third kappa shape index (κ3) is 2.57. The van der Waals surface area contributed by atoms with Crippen molar-refractivity contribution in [2.24, 2.45) is 0 Å². The second-order valence-corrected chi connectivity index (χ2v) is 3.43. The first-order chi connectivity index (χ1) is 7.24. The fourth-order valence-electron chi connectivity index (χ4n) is 1.71. The Balaban J connectivity index is 0.00000128. The van der Waals surface area contributed by atoms with Crippen molar-refractivity contribution in [1.29, 1.82) is 0 Å². The summed E-state index contributed by atoms with van der Waals surface area (Å²) in [6.45, 7) is 1.91. The van der Waals surface area contributed by atoms with E-state index in [2.05, 4.69) is 0 Å². The normalized spacial score (nSPS) is 18.7. The molecule has 3 nitrogen and oxygen atoms in total. The number of rotatable bonds is 2.